The first-order valence-corrected chi connectivity index (χ1v) is 5.68. The molecule has 4 nitrogen and oxygen atoms in total. The van der Waals surface area contributed by atoms with Crippen LogP contribution in [0.2, 0.25) is 0 Å². The number of aryl methyl sites for hydroxylation is 1. The van der Waals surface area contributed by atoms with E-state index >= 15 is 0 Å². The van der Waals surface area contributed by atoms with Crippen molar-refractivity contribution in [3.05, 3.63) is 35.1 Å². The Kier molecular flexibility index (Phi) is 3.58. The lowest BCUT2D eigenvalue weighted by Gasteiger charge is -2.29. The lowest BCUT2D eigenvalue weighted by Crippen LogP contribution is -2.45. The summed E-state index contributed by atoms with van der Waals surface area (Å²) in [5.41, 5.74) is 0.806. The first-order valence-electron chi connectivity index (χ1n) is 5.68. The summed E-state index contributed by atoms with van der Waals surface area (Å²) in [6, 6.07) is 6.45. The molecule has 0 aromatic heterocycles. The quantitative estimate of drug-likeness (QED) is 0.756. The van der Waals surface area contributed by atoms with Crippen LogP contribution >= 0.6 is 0 Å². The van der Waals surface area contributed by atoms with Crippen LogP contribution < -0.4 is 0 Å². The highest BCUT2D eigenvalue weighted by molar-refractivity contribution is 5.94. The highest BCUT2D eigenvalue weighted by Crippen LogP contribution is 2.15. The summed E-state index contributed by atoms with van der Waals surface area (Å²) in [6.07, 6.45) is -0.629. The summed E-state index contributed by atoms with van der Waals surface area (Å²) in [6.45, 7) is 2.63. The molecule has 0 unspecified atom stereocenters. The molecule has 1 saturated heterocycles. The van der Waals surface area contributed by atoms with Crippen LogP contribution in [0.25, 0.3) is 0 Å². The number of nitriles is 1. The third-order valence-electron chi connectivity index (χ3n) is 2.85. The average Bonchev–Trinajstić information content (AvgIpc) is 2.38. The van der Waals surface area contributed by atoms with Gasteiger partial charge in [0.1, 0.15) is 5.82 Å². The first-order chi connectivity index (χ1) is 8.61. The molecule has 0 N–H and O–H groups in total. The van der Waals surface area contributed by atoms with Crippen molar-refractivity contribution in [2.24, 2.45) is 0 Å². The number of nitrogens with zero attached hydrogens (tertiary/aromatic N) is 2. The molecular weight excluding hydrogens is 235 g/mol. The Bertz CT molecular complexity index is 510. The molecule has 1 aromatic carbocycles. The number of halogens is 1. The number of benzene rings is 1. The molecule has 18 heavy (non-hydrogen) atoms. The summed E-state index contributed by atoms with van der Waals surface area (Å²) < 4.78 is 18.8. The molecule has 0 bridgehead atoms. The summed E-state index contributed by atoms with van der Waals surface area (Å²) in [5, 5.41) is 8.77. The number of hydrogen-bond acceptors (Lipinski definition) is 3. The zero-order valence-corrected chi connectivity index (χ0v) is 10.0. The van der Waals surface area contributed by atoms with Crippen molar-refractivity contribution in [3.8, 4) is 6.07 Å². The number of ether oxygens (including phenoxy) is 1. The molecule has 1 aliphatic heterocycles. The number of morpholine rings is 1. The molecule has 0 spiro atoms. The fraction of sp³-hybridized carbons (Fsp3) is 0.385. The molecular formula is C13H13FN2O2. The second-order valence-electron chi connectivity index (χ2n) is 4.22. The van der Waals surface area contributed by atoms with Crippen molar-refractivity contribution >= 4 is 5.91 Å². The van der Waals surface area contributed by atoms with Crippen LogP contribution in [0.5, 0.6) is 0 Å². The lowest BCUT2D eigenvalue weighted by molar-refractivity contribution is 0.00326. The monoisotopic (exact) mass is 248 g/mol. The number of hydrogen-bond donors (Lipinski definition) is 0. The number of carbonyl (C=O) groups is 1. The molecule has 1 aromatic rings. The van der Waals surface area contributed by atoms with E-state index in [4.69, 9.17) is 10.00 Å². The van der Waals surface area contributed by atoms with E-state index in [2.05, 4.69) is 0 Å². The average molecular weight is 248 g/mol. The van der Waals surface area contributed by atoms with Crippen molar-refractivity contribution in [3.63, 3.8) is 0 Å². The molecule has 0 saturated carbocycles. The number of rotatable bonds is 1. The molecule has 1 fully saturated rings. The van der Waals surface area contributed by atoms with Gasteiger partial charge in [0, 0.05) is 6.54 Å². The van der Waals surface area contributed by atoms with Gasteiger partial charge in [0.15, 0.2) is 6.10 Å². The Morgan fingerprint density at radius 3 is 3.06 bits per heavy atom. The van der Waals surface area contributed by atoms with Crippen molar-refractivity contribution < 1.29 is 13.9 Å². The van der Waals surface area contributed by atoms with Gasteiger partial charge in [-0.1, -0.05) is 6.07 Å². The normalized spacial score (nSPS) is 19.4. The van der Waals surface area contributed by atoms with Crippen LogP contribution in [0.3, 0.4) is 0 Å². The van der Waals surface area contributed by atoms with Gasteiger partial charge in [-0.25, -0.2) is 4.39 Å². The van der Waals surface area contributed by atoms with Crippen LogP contribution in [-0.4, -0.2) is 36.6 Å². The Balaban J connectivity index is 2.18. The second kappa shape index (κ2) is 5.15. The minimum Gasteiger partial charge on any atom is -0.360 e. The minimum atomic E-state index is -0.629. The smallest absolute Gasteiger partial charge is 0.257 e. The molecule has 94 valence electrons. The van der Waals surface area contributed by atoms with E-state index in [-0.39, 0.29) is 12.1 Å². The van der Waals surface area contributed by atoms with Crippen LogP contribution in [0.4, 0.5) is 4.39 Å². The van der Waals surface area contributed by atoms with Crippen molar-refractivity contribution in [1.82, 2.24) is 4.90 Å². The standard InChI is InChI=1S/C13H13FN2O2/c1-9-2-3-11(12(14)6-9)13(17)16-4-5-18-10(7-15)8-16/h2-3,6,10H,4-5,8H2,1H3/t10-/m1/s1. The predicted molar refractivity (Wildman–Crippen MR) is 62.4 cm³/mol. The Hall–Kier alpha value is -1.93. The zero-order chi connectivity index (χ0) is 13.1. The highest BCUT2D eigenvalue weighted by atomic mass is 19.1. The minimum absolute atomic E-state index is 0.0409. The number of carbonyl (C=O) groups excluding carboxylic acids is 1. The molecule has 0 radical (unpaired) electrons. The van der Waals surface area contributed by atoms with Gasteiger partial charge >= 0.3 is 0 Å². The molecule has 0 aliphatic carbocycles. The van der Waals surface area contributed by atoms with E-state index in [1.165, 1.54) is 17.0 Å². The van der Waals surface area contributed by atoms with E-state index in [9.17, 15) is 9.18 Å². The van der Waals surface area contributed by atoms with E-state index in [1.807, 2.05) is 6.07 Å². The molecule has 2 rings (SSSR count). The fourth-order valence-electron chi connectivity index (χ4n) is 1.88. The first kappa shape index (κ1) is 12.5. The van der Waals surface area contributed by atoms with Crippen molar-refractivity contribution in [1.29, 1.82) is 5.26 Å². The van der Waals surface area contributed by atoms with Crippen molar-refractivity contribution in [2.45, 2.75) is 13.0 Å². The maximum absolute atomic E-state index is 13.7. The van der Waals surface area contributed by atoms with E-state index < -0.39 is 17.8 Å². The Morgan fingerprint density at radius 2 is 2.39 bits per heavy atom. The summed E-state index contributed by atoms with van der Waals surface area (Å²) >= 11 is 0. The number of amides is 1. The van der Waals surface area contributed by atoms with Gasteiger partial charge in [0.2, 0.25) is 0 Å². The fourth-order valence-corrected chi connectivity index (χ4v) is 1.88. The SMILES string of the molecule is Cc1ccc(C(=O)N2CCO[C@H](C#N)C2)c(F)c1. The van der Waals surface area contributed by atoms with Crippen LogP contribution in [-0.2, 0) is 4.74 Å². The maximum Gasteiger partial charge on any atom is 0.257 e. The van der Waals surface area contributed by atoms with Crippen molar-refractivity contribution in [2.75, 3.05) is 19.7 Å². The van der Waals surface area contributed by atoms with Crippen LogP contribution in [0.1, 0.15) is 15.9 Å². The van der Waals surface area contributed by atoms with Gasteiger partial charge in [-0.05, 0) is 24.6 Å². The largest absolute Gasteiger partial charge is 0.360 e. The highest BCUT2D eigenvalue weighted by Gasteiger charge is 2.26. The molecule has 1 heterocycles. The van der Waals surface area contributed by atoms with Crippen LogP contribution in [0, 0.1) is 24.1 Å². The van der Waals surface area contributed by atoms with E-state index in [0.717, 1.165) is 5.56 Å². The van der Waals surface area contributed by atoms with Gasteiger partial charge in [0.25, 0.3) is 5.91 Å². The third kappa shape index (κ3) is 2.49. The van der Waals surface area contributed by atoms with Gasteiger partial charge < -0.3 is 9.64 Å². The van der Waals surface area contributed by atoms with E-state index in [0.29, 0.717) is 13.2 Å². The Morgan fingerprint density at radius 1 is 1.61 bits per heavy atom. The molecule has 5 heteroatoms. The Labute approximate surface area is 105 Å². The summed E-state index contributed by atoms with van der Waals surface area (Å²) in [7, 11) is 0. The topological polar surface area (TPSA) is 53.3 Å². The van der Waals surface area contributed by atoms with E-state index in [1.54, 1.807) is 13.0 Å². The van der Waals surface area contributed by atoms with Gasteiger partial charge in [-0.3, -0.25) is 4.79 Å². The molecule has 1 atom stereocenters. The second-order valence-corrected chi connectivity index (χ2v) is 4.22. The third-order valence-corrected chi connectivity index (χ3v) is 2.85. The predicted octanol–water partition coefficient (Wildman–Crippen LogP) is 1.50. The summed E-state index contributed by atoms with van der Waals surface area (Å²) in [4.78, 5) is 13.6. The maximum atomic E-state index is 13.7. The van der Waals surface area contributed by atoms with Gasteiger partial charge in [0.05, 0.1) is 24.8 Å². The summed E-state index contributed by atoms with van der Waals surface area (Å²) in [5.74, 6) is -0.920. The zero-order valence-electron chi connectivity index (χ0n) is 10.0. The van der Waals surface area contributed by atoms with Crippen LogP contribution in [0.15, 0.2) is 18.2 Å². The van der Waals surface area contributed by atoms with Gasteiger partial charge in [-0.2, -0.15) is 5.26 Å². The molecule has 1 aliphatic rings. The molecule has 1 amide bonds. The lowest BCUT2D eigenvalue weighted by atomic mass is 10.1. The van der Waals surface area contributed by atoms with Gasteiger partial charge in [-0.15, -0.1) is 0 Å².